The van der Waals surface area contributed by atoms with Crippen LogP contribution in [0.5, 0.6) is 0 Å². The lowest BCUT2D eigenvalue weighted by molar-refractivity contribution is -0.195. The number of H-pyrrole nitrogens is 1. The quantitative estimate of drug-likeness (QED) is 0.447. The minimum atomic E-state index is -1.01. The second kappa shape index (κ2) is 5.70. The number of cyclic esters (lactones) is 2. The second-order valence-electron chi connectivity index (χ2n) is 5.40. The molecule has 1 aliphatic heterocycles. The Labute approximate surface area is 137 Å². The Morgan fingerprint density at radius 2 is 1.54 bits per heavy atom. The second-order valence-corrected chi connectivity index (χ2v) is 5.40. The average Bonchev–Trinajstić information content (AvgIpc) is 3.02. The van der Waals surface area contributed by atoms with Gasteiger partial charge in [0.05, 0.1) is 0 Å². The molecule has 1 N–H and O–H groups in total. The van der Waals surface area contributed by atoms with Crippen LogP contribution in [0.15, 0.2) is 66.4 Å². The number of fused-ring (bicyclic) bond motifs is 1. The van der Waals surface area contributed by atoms with Gasteiger partial charge in [0.15, 0.2) is 0 Å². The molecule has 3 aromatic rings. The van der Waals surface area contributed by atoms with E-state index in [2.05, 4.69) is 4.98 Å². The molecule has 0 bridgehead atoms. The summed E-state index contributed by atoms with van der Waals surface area (Å²) in [4.78, 5) is 27.6. The minimum Gasteiger partial charge on any atom is -0.417 e. The highest BCUT2D eigenvalue weighted by Gasteiger charge is 2.34. The monoisotopic (exact) mass is 319 g/mol. The molecule has 0 saturated carbocycles. The van der Waals surface area contributed by atoms with Crippen molar-refractivity contribution in [2.75, 3.05) is 0 Å². The molecule has 4 rings (SSSR count). The first kappa shape index (κ1) is 14.3. The van der Waals surface area contributed by atoms with Crippen molar-refractivity contribution in [3.63, 3.8) is 0 Å². The van der Waals surface area contributed by atoms with E-state index in [-0.39, 0.29) is 5.57 Å². The van der Waals surface area contributed by atoms with E-state index >= 15 is 0 Å². The fourth-order valence-corrected chi connectivity index (χ4v) is 2.66. The van der Waals surface area contributed by atoms with Gasteiger partial charge in [0.1, 0.15) is 5.57 Å². The summed E-state index contributed by atoms with van der Waals surface area (Å²) in [5.74, 6) is -1.38. The molecule has 118 valence electrons. The van der Waals surface area contributed by atoms with Crippen molar-refractivity contribution in [1.82, 2.24) is 4.98 Å². The zero-order valence-corrected chi connectivity index (χ0v) is 12.6. The van der Waals surface area contributed by atoms with Crippen molar-refractivity contribution < 1.29 is 19.1 Å². The molecule has 1 aliphatic rings. The van der Waals surface area contributed by atoms with E-state index in [1.165, 1.54) is 6.08 Å². The summed E-state index contributed by atoms with van der Waals surface area (Å²) < 4.78 is 10.5. The molecule has 5 nitrogen and oxygen atoms in total. The number of hydrogen-bond acceptors (Lipinski definition) is 4. The lowest BCUT2D eigenvalue weighted by Crippen LogP contribution is -2.29. The molecule has 2 heterocycles. The summed E-state index contributed by atoms with van der Waals surface area (Å²) in [6.45, 7) is 0. The van der Waals surface area contributed by atoms with Gasteiger partial charge in [-0.15, -0.1) is 0 Å². The Kier molecular flexibility index (Phi) is 3.39. The number of aromatic amines is 1. The molecule has 0 unspecified atom stereocenters. The summed E-state index contributed by atoms with van der Waals surface area (Å²) >= 11 is 0. The lowest BCUT2D eigenvalue weighted by atomic mass is 10.1. The Bertz CT molecular complexity index is 936. The molecule has 0 atom stereocenters. The van der Waals surface area contributed by atoms with Crippen molar-refractivity contribution in [1.29, 1.82) is 0 Å². The predicted octanol–water partition coefficient (Wildman–Crippen LogP) is 3.35. The van der Waals surface area contributed by atoms with Gasteiger partial charge in [-0.25, -0.2) is 9.59 Å². The minimum absolute atomic E-state index is 0.119. The number of para-hydroxylation sites is 1. The Morgan fingerprint density at radius 1 is 0.875 bits per heavy atom. The molecule has 0 aliphatic carbocycles. The maximum Gasteiger partial charge on any atom is 0.348 e. The number of ether oxygens (including phenoxy) is 2. The van der Waals surface area contributed by atoms with Gasteiger partial charge in [0, 0.05) is 28.2 Å². The van der Waals surface area contributed by atoms with Crippen molar-refractivity contribution in [2.45, 2.75) is 6.29 Å². The third kappa shape index (κ3) is 2.46. The molecular formula is C19H13NO4. The van der Waals surface area contributed by atoms with Crippen LogP contribution in [-0.2, 0) is 19.1 Å². The van der Waals surface area contributed by atoms with Crippen LogP contribution >= 0.6 is 0 Å². The number of hydrogen-bond donors (Lipinski definition) is 1. The maximum atomic E-state index is 12.2. The van der Waals surface area contributed by atoms with Crippen molar-refractivity contribution in [3.8, 4) is 0 Å². The van der Waals surface area contributed by atoms with Crippen LogP contribution in [0.1, 0.15) is 17.4 Å². The normalized spacial score (nSPS) is 17.5. The fourth-order valence-electron chi connectivity index (χ4n) is 2.66. The van der Waals surface area contributed by atoms with Gasteiger partial charge in [-0.1, -0.05) is 48.5 Å². The highest BCUT2D eigenvalue weighted by molar-refractivity contribution is 6.19. The lowest BCUT2D eigenvalue weighted by Gasteiger charge is -2.23. The first-order chi connectivity index (χ1) is 11.7. The molecule has 2 aromatic carbocycles. The van der Waals surface area contributed by atoms with Crippen LogP contribution in [0.25, 0.3) is 17.0 Å². The zero-order chi connectivity index (χ0) is 16.5. The van der Waals surface area contributed by atoms with Gasteiger partial charge in [0.25, 0.3) is 6.29 Å². The van der Waals surface area contributed by atoms with Crippen molar-refractivity contribution >= 4 is 28.9 Å². The van der Waals surface area contributed by atoms with Gasteiger partial charge in [-0.05, 0) is 12.1 Å². The number of rotatable bonds is 2. The molecule has 24 heavy (non-hydrogen) atoms. The molecule has 1 saturated heterocycles. The SMILES string of the molecule is O=C1OC(c2ccccc2)OC(=O)C1=Cc1c[nH]c2ccccc12. The number of carbonyl (C=O) groups excluding carboxylic acids is 2. The number of nitrogens with one attached hydrogen (secondary N) is 1. The maximum absolute atomic E-state index is 12.2. The standard InChI is InChI=1S/C19H13NO4/c21-17-15(10-13-11-20-16-9-5-4-8-14(13)16)18(22)24-19(23-17)12-6-2-1-3-7-12/h1-11,19-20H. The first-order valence-corrected chi connectivity index (χ1v) is 7.47. The van der Waals surface area contributed by atoms with Crippen molar-refractivity contribution in [2.24, 2.45) is 0 Å². The molecule has 0 spiro atoms. The van der Waals surface area contributed by atoms with E-state index in [1.54, 1.807) is 30.5 Å². The summed E-state index contributed by atoms with van der Waals surface area (Å²) in [5.41, 5.74) is 2.15. The van der Waals surface area contributed by atoms with Gasteiger partial charge >= 0.3 is 11.9 Å². The van der Waals surface area contributed by atoms with E-state index in [1.807, 2.05) is 30.3 Å². The highest BCUT2D eigenvalue weighted by Crippen LogP contribution is 2.28. The van der Waals surface area contributed by atoms with E-state index in [4.69, 9.17) is 9.47 Å². The number of carbonyl (C=O) groups is 2. The van der Waals surface area contributed by atoms with E-state index in [0.717, 1.165) is 16.5 Å². The largest absolute Gasteiger partial charge is 0.417 e. The smallest absolute Gasteiger partial charge is 0.348 e. The zero-order valence-electron chi connectivity index (χ0n) is 12.6. The topological polar surface area (TPSA) is 68.4 Å². The Morgan fingerprint density at radius 3 is 2.29 bits per heavy atom. The van der Waals surface area contributed by atoms with Crippen LogP contribution in [0.2, 0.25) is 0 Å². The fraction of sp³-hybridized carbons (Fsp3) is 0.0526. The van der Waals surface area contributed by atoms with E-state index in [0.29, 0.717) is 5.56 Å². The van der Waals surface area contributed by atoms with E-state index in [9.17, 15) is 9.59 Å². The summed E-state index contributed by atoms with van der Waals surface area (Å²) in [6.07, 6.45) is 2.22. The van der Waals surface area contributed by atoms with Crippen LogP contribution in [0, 0.1) is 0 Å². The van der Waals surface area contributed by atoms with Crippen LogP contribution in [0.4, 0.5) is 0 Å². The van der Waals surface area contributed by atoms with Crippen LogP contribution in [-0.4, -0.2) is 16.9 Å². The highest BCUT2D eigenvalue weighted by atomic mass is 16.7. The third-order valence-electron chi connectivity index (χ3n) is 3.86. The molecule has 0 amide bonds. The average molecular weight is 319 g/mol. The Hall–Kier alpha value is -3.34. The molecule has 1 fully saturated rings. The van der Waals surface area contributed by atoms with Crippen LogP contribution < -0.4 is 0 Å². The van der Waals surface area contributed by atoms with Gasteiger partial charge in [0.2, 0.25) is 0 Å². The summed E-state index contributed by atoms with van der Waals surface area (Å²) in [5, 5.41) is 0.913. The summed E-state index contributed by atoms with van der Waals surface area (Å²) in [7, 11) is 0. The van der Waals surface area contributed by atoms with Gasteiger partial charge in [-0.3, -0.25) is 0 Å². The van der Waals surface area contributed by atoms with Gasteiger partial charge < -0.3 is 14.5 Å². The molecule has 0 radical (unpaired) electrons. The third-order valence-corrected chi connectivity index (χ3v) is 3.86. The van der Waals surface area contributed by atoms with Crippen molar-refractivity contribution in [3.05, 3.63) is 77.5 Å². The Balaban J connectivity index is 1.66. The number of benzene rings is 2. The summed E-state index contributed by atoms with van der Waals surface area (Å²) in [6, 6.07) is 16.5. The van der Waals surface area contributed by atoms with Gasteiger partial charge in [-0.2, -0.15) is 0 Å². The molecule has 5 heteroatoms. The molecule has 1 aromatic heterocycles. The number of esters is 2. The molecular weight excluding hydrogens is 306 g/mol. The van der Waals surface area contributed by atoms with Crippen LogP contribution in [0.3, 0.4) is 0 Å². The first-order valence-electron chi connectivity index (χ1n) is 7.47. The number of aromatic nitrogens is 1. The van der Waals surface area contributed by atoms with E-state index < -0.39 is 18.2 Å². The predicted molar refractivity (Wildman–Crippen MR) is 87.6 cm³/mol.